The van der Waals surface area contributed by atoms with Gasteiger partial charge < -0.3 is 9.47 Å². The summed E-state index contributed by atoms with van der Waals surface area (Å²) < 4.78 is 9.23. The fourth-order valence-electron chi connectivity index (χ4n) is 1.22. The van der Waals surface area contributed by atoms with E-state index in [0.29, 0.717) is 6.42 Å². The van der Waals surface area contributed by atoms with Crippen LogP contribution in [-0.2, 0) is 19.1 Å². The third-order valence-electron chi connectivity index (χ3n) is 2.12. The van der Waals surface area contributed by atoms with Gasteiger partial charge in [-0.05, 0) is 20.3 Å². The van der Waals surface area contributed by atoms with Crippen LogP contribution in [0.25, 0.3) is 0 Å². The SMILES string of the molecule is CCC(NC(C)(C)C(=O)OC)C(=O)OC. The second-order valence-electron chi connectivity index (χ2n) is 3.74. The lowest BCUT2D eigenvalue weighted by Gasteiger charge is -2.27. The molecule has 0 fully saturated rings. The summed E-state index contributed by atoms with van der Waals surface area (Å²) in [6.45, 7) is 5.15. The van der Waals surface area contributed by atoms with Crippen molar-refractivity contribution in [3.63, 3.8) is 0 Å². The number of carbonyl (C=O) groups excluding carboxylic acids is 2. The highest BCUT2D eigenvalue weighted by molar-refractivity contribution is 5.82. The monoisotopic (exact) mass is 217 g/mol. The maximum atomic E-state index is 11.4. The molecule has 0 radical (unpaired) electrons. The van der Waals surface area contributed by atoms with Gasteiger partial charge in [-0.3, -0.25) is 14.9 Å². The molecule has 0 amide bonds. The number of carbonyl (C=O) groups is 2. The molecule has 88 valence electrons. The summed E-state index contributed by atoms with van der Waals surface area (Å²) in [6.07, 6.45) is 0.549. The minimum Gasteiger partial charge on any atom is -0.468 e. The van der Waals surface area contributed by atoms with Crippen LogP contribution in [0.4, 0.5) is 0 Å². The van der Waals surface area contributed by atoms with E-state index in [-0.39, 0.29) is 5.97 Å². The average Bonchev–Trinajstić information content (AvgIpc) is 2.23. The first-order valence-electron chi connectivity index (χ1n) is 4.83. The number of rotatable bonds is 5. The minimum absolute atomic E-state index is 0.380. The second-order valence-corrected chi connectivity index (χ2v) is 3.74. The molecular formula is C10H19NO4. The summed E-state index contributed by atoms with van der Waals surface area (Å²) in [5.74, 6) is -0.792. The van der Waals surface area contributed by atoms with Gasteiger partial charge in [-0.25, -0.2) is 0 Å². The van der Waals surface area contributed by atoms with Crippen LogP contribution >= 0.6 is 0 Å². The Morgan fingerprint density at radius 3 is 2.13 bits per heavy atom. The van der Waals surface area contributed by atoms with Crippen LogP contribution in [0.3, 0.4) is 0 Å². The maximum absolute atomic E-state index is 11.4. The van der Waals surface area contributed by atoms with Crippen LogP contribution in [0.2, 0.25) is 0 Å². The van der Waals surface area contributed by atoms with E-state index >= 15 is 0 Å². The Balaban J connectivity index is 4.53. The predicted molar refractivity (Wildman–Crippen MR) is 55.3 cm³/mol. The van der Waals surface area contributed by atoms with Crippen LogP contribution in [0, 0.1) is 0 Å². The molecule has 0 aromatic carbocycles. The highest BCUT2D eigenvalue weighted by Crippen LogP contribution is 2.08. The topological polar surface area (TPSA) is 64.6 Å². The Morgan fingerprint density at radius 2 is 1.80 bits per heavy atom. The Labute approximate surface area is 90.1 Å². The van der Waals surface area contributed by atoms with Crippen LogP contribution in [0.15, 0.2) is 0 Å². The van der Waals surface area contributed by atoms with E-state index in [1.807, 2.05) is 6.92 Å². The number of esters is 2. The fourth-order valence-corrected chi connectivity index (χ4v) is 1.22. The lowest BCUT2D eigenvalue weighted by atomic mass is 10.0. The molecule has 0 heterocycles. The number of hydrogen-bond acceptors (Lipinski definition) is 5. The van der Waals surface area contributed by atoms with E-state index in [4.69, 9.17) is 0 Å². The van der Waals surface area contributed by atoms with Crippen molar-refractivity contribution in [3.05, 3.63) is 0 Å². The molecule has 1 unspecified atom stereocenters. The smallest absolute Gasteiger partial charge is 0.325 e. The van der Waals surface area contributed by atoms with Crippen molar-refractivity contribution >= 4 is 11.9 Å². The zero-order valence-corrected chi connectivity index (χ0v) is 9.92. The molecule has 0 aliphatic heterocycles. The maximum Gasteiger partial charge on any atom is 0.325 e. The van der Waals surface area contributed by atoms with Crippen LogP contribution in [0.5, 0.6) is 0 Å². The Bertz CT molecular complexity index is 238. The van der Waals surface area contributed by atoms with Crippen LogP contribution < -0.4 is 5.32 Å². The third kappa shape index (κ3) is 3.87. The summed E-state index contributed by atoms with van der Waals surface area (Å²) in [7, 11) is 2.63. The van der Waals surface area contributed by atoms with Crippen LogP contribution in [-0.4, -0.2) is 37.7 Å². The number of ether oxygens (including phenoxy) is 2. The van der Waals surface area contributed by atoms with Gasteiger partial charge in [0.2, 0.25) is 0 Å². The molecule has 5 heteroatoms. The predicted octanol–water partition coefficient (Wildman–Crippen LogP) is 0.479. The van der Waals surface area contributed by atoms with E-state index in [9.17, 15) is 9.59 Å². The van der Waals surface area contributed by atoms with Crippen molar-refractivity contribution in [1.82, 2.24) is 5.32 Å². The van der Waals surface area contributed by atoms with Gasteiger partial charge in [-0.15, -0.1) is 0 Å². The number of nitrogens with one attached hydrogen (secondary N) is 1. The summed E-state index contributed by atoms with van der Waals surface area (Å²) in [4.78, 5) is 22.7. The summed E-state index contributed by atoms with van der Waals surface area (Å²) in [5, 5.41) is 2.90. The van der Waals surface area contributed by atoms with Gasteiger partial charge in [0.15, 0.2) is 0 Å². The lowest BCUT2D eigenvalue weighted by molar-refractivity contribution is -0.150. The molecule has 1 atom stereocenters. The van der Waals surface area contributed by atoms with Crippen molar-refractivity contribution < 1.29 is 19.1 Å². The molecule has 15 heavy (non-hydrogen) atoms. The normalized spacial score (nSPS) is 13.1. The van der Waals surface area contributed by atoms with Crippen molar-refractivity contribution in [2.75, 3.05) is 14.2 Å². The Kier molecular flexibility index (Phi) is 5.28. The summed E-state index contributed by atoms with van der Waals surface area (Å²) >= 11 is 0. The second kappa shape index (κ2) is 5.70. The van der Waals surface area contributed by atoms with E-state index in [2.05, 4.69) is 14.8 Å². The zero-order valence-electron chi connectivity index (χ0n) is 9.92. The van der Waals surface area contributed by atoms with Gasteiger partial charge in [-0.1, -0.05) is 6.92 Å². The van der Waals surface area contributed by atoms with E-state index in [0.717, 1.165) is 0 Å². The van der Waals surface area contributed by atoms with Crippen molar-refractivity contribution in [1.29, 1.82) is 0 Å². The summed E-state index contributed by atoms with van der Waals surface area (Å²) in [6, 6.07) is -0.496. The lowest BCUT2D eigenvalue weighted by Crippen LogP contribution is -2.54. The first kappa shape index (κ1) is 13.9. The largest absolute Gasteiger partial charge is 0.468 e. The highest BCUT2D eigenvalue weighted by atomic mass is 16.5. The molecule has 0 aliphatic carbocycles. The van der Waals surface area contributed by atoms with Gasteiger partial charge in [0.25, 0.3) is 0 Å². The fraction of sp³-hybridized carbons (Fsp3) is 0.800. The molecule has 1 N–H and O–H groups in total. The average molecular weight is 217 g/mol. The number of methoxy groups -OCH3 is 2. The van der Waals surface area contributed by atoms with Gasteiger partial charge in [-0.2, -0.15) is 0 Å². The van der Waals surface area contributed by atoms with E-state index < -0.39 is 17.6 Å². The zero-order chi connectivity index (χ0) is 12.1. The van der Waals surface area contributed by atoms with Gasteiger partial charge in [0.1, 0.15) is 11.6 Å². The van der Waals surface area contributed by atoms with Crippen molar-refractivity contribution in [2.45, 2.75) is 38.8 Å². The molecule has 0 aliphatic rings. The molecular weight excluding hydrogens is 198 g/mol. The number of hydrogen-bond donors (Lipinski definition) is 1. The third-order valence-corrected chi connectivity index (χ3v) is 2.12. The molecule has 0 saturated heterocycles. The van der Waals surface area contributed by atoms with Crippen molar-refractivity contribution in [3.8, 4) is 0 Å². The molecule has 0 aromatic heterocycles. The van der Waals surface area contributed by atoms with E-state index in [1.165, 1.54) is 14.2 Å². The molecule has 0 aromatic rings. The molecule has 0 spiro atoms. The minimum atomic E-state index is -0.899. The van der Waals surface area contributed by atoms with Crippen LogP contribution in [0.1, 0.15) is 27.2 Å². The van der Waals surface area contributed by atoms with Gasteiger partial charge in [0.05, 0.1) is 14.2 Å². The first-order valence-corrected chi connectivity index (χ1v) is 4.83. The molecule has 0 saturated carbocycles. The molecule has 0 bridgehead atoms. The van der Waals surface area contributed by atoms with E-state index in [1.54, 1.807) is 13.8 Å². The first-order chi connectivity index (χ1) is 6.88. The Hall–Kier alpha value is -1.10. The quantitative estimate of drug-likeness (QED) is 0.678. The Morgan fingerprint density at radius 1 is 1.27 bits per heavy atom. The van der Waals surface area contributed by atoms with Crippen molar-refractivity contribution in [2.24, 2.45) is 0 Å². The standard InChI is InChI=1S/C10H19NO4/c1-6-7(8(12)14-4)11-10(2,3)9(13)15-5/h7,11H,6H2,1-5H3. The highest BCUT2D eigenvalue weighted by Gasteiger charge is 2.33. The summed E-state index contributed by atoms with van der Waals surface area (Å²) in [5.41, 5.74) is -0.899. The molecule has 0 rings (SSSR count). The van der Waals surface area contributed by atoms with Gasteiger partial charge >= 0.3 is 11.9 Å². The van der Waals surface area contributed by atoms with Gasteiger partial charge in [0, 0.05) is 0 Å². The molecule has 5 nitrogen and oxygen atoms in total.